The van der Waals surface area contributed by atoms with E-state index in [4.69, 9.17) is 0 Å². The van der Waals surface area contributed by atoms with Crippen LogP contribution in [0, 0.1) is 0 Å². The van der Waals surface area contributed by atoms with Crippen LogP contribution in [0.1, 0.15) is 0 Å². The third-order valence-corrected chi connectivity index (χ3v) is 6.91. The number of rotatable bonds is 3. The minimum absolute atomic E-state index is 1.18. The summed E-state index contributed by atoms with van der Waals surface area (Å²) in [4.78, 5) is 0. The Labute approximate surface area is 197 Å². The quantitative estimate of drug-likeness (QED) is 0.263. The lowest BCUT2D eigenvalue weighted by Crippen LogP contribution is -1.92. The summed E-state index contributed by atoms with van der Waals surface area (Å²) in [5, 5.41) is 5.04. The third kappa shape index (κ3) is 2.63. The summed E-state index contributed by atoms with van der Waals surface area (Å²) >= 11 is 0. The Hall–Kier alpha value is -4.56. The molecule has 0 N–H and O–H groups in total. The van der Waals surface area contributed by atoms with E-state index in [1.54, 1.807) is 0 Å². The van der Waals surface area contributed by atoms with Crippen LogP contribution in [0.4, 0.5) is 0 Å². The molecule has 2 heterocycles. The van der Waals surface area contributed by atoms with E-state index in [0.717, 1.165) is 0 Å². The van der Waals surface area contributed by atoms with Gasteiger partial charge in [0.2, 0.25) is 0 Å². The van der Waals surface area contributed by atoms with E-state index in [9.17, 15) is 0 Å². The summed E-state index contributed by atoms with van der Waals surface area (Å²) in [6.07, 6.45) is 1.90. The largest absolute Gasteiger partial charge is 0.317 e. The molecule has 5 aromatic carbocycles. The molecule has 2 nitrogen and oxygen atoms in total. The number of nitrogens with zero attached hydrogens (tertiary/aromatic N) is 2. The van der Waals surface area contributed by atoms with E-state index in [1.165, 1.54) is 60.4 Å². The van der Waals surface area contributed by atoms with Gasteiger partial charge < -0.3 is 9.13 Å². The molecule has 2 aromatic heterocycles. The zero-order valence-electron chi connectivity index (χ0n) is 18.6. The van der Waals surface area contributed by atoms with Crippen LogP contribution in [-0.4, -0.2) is 9.13 Å². The first-order valence-corrected chi connectivity index (χ1v) is 11.6. The van der Waals surface area contributed by atoms with Crippen molar-refractivity contribution in [1.82, 2.24) is 9.13 Å². The molecule has 2 heteroatoms. The van der Waals surface area contributed by atoms with Crippen molar-refractivity contribution >= 4 is 49.8 Å². The van der Waals surface area contributed by atoms with Crippen LogP contribution in [0.5, 0.6) is 0 Å². The summed E-state index contributed by atoms with van der Waals surface area (Å²) in [5.41, 5.74) is 8.44. The van der Waals surface area contributed by atoms with Crippen molar-refractivity contribution in [2.75, 3.05) is 0 Å². The van der Waals surface area contributed by atoms with Gasteiger partial charge in [0.15, 0.2) is 0 Å². The average Bonchev–Trinajstić information content (AvgIpc) is 3.41. The number of fused-ring (bicyclic) bond motifs is 6. The highest BCUT2D eigenvalue weighted by Crippen LogP contribution is 2.37. The molecular weight excluding hydrogens is 412 g/mol. The van der Waals surface area contributed by atoms with Crippen LogP contribution >= 0.6 is 0 Å². The molecule has 0 unspecified atom stereocenters. The normalized spacial score (nSPS) is 11.6. The molecule has 0 spiro atoms. The Morgan fingerprint density at radius 1 is 0.471 bits per heavy atom. The smallest absolute Gasteiger partial charge is 0.0541 e. The highest BCUT2D eigenvalue weighted by atomic mass is 15.0. The molecule has 0 aliphatic rings. The molecule has 0 fully saturated rings. The standard InChI is InChI=1S/C32H22N2/c1-2-33-29-14-8-6-12-25(29)27-20-22(16-18-30(27)33)23-17-19-32-28(21-23)26-13-7-9-15-31(26)34(32)24-10-4-3-5-11-24/h2-21H,1H2. The Morgan fingerprint density at radius 3 is 1.68 bits per heavy atom. The number of benzene rings is 5. The molecule has 7 rings (SSSR count). The van der Waals surface area contributed by atoms with Gasteiger partial charge in [-0.05, 0) is 59.7 Å². The van der Waals surface area contributed by atoms with Gasteiger partial charge in [-0.25, -0.2) is 0 Å². The van der Waals surface area contributed by atoms with Crippen molar-refractivity contribution < 1.29 is 0 Å². The van der Waals surface area contributed by atoms with Gasteiger partial charge in [0.25, 0.3) is 0 Å². The Balaban J connectivity index is 1.49. The molecule has 0 aliphatic carbocycles. The van der Waals surface area contributed by atoms with Crippen LogP contribution < -0.4 is 0 Å². The van der Waals surface area contributed by atoms with Gasteiger partial charge in [-0.1, -0.05) is 73.3 Å². The van der Waals surface area contributed by atoms with Gasteiger partial charge in [0, 0.05) is 33.4 Å². The fourth-order valence-electron chi connectivity index (χ4n) is 5.39. The van der Waals surface area contributed by atoms with Crippen LogP contribution in [0.25, 0.3) is 66.6 Å². The van der Waals surface area contributed by atoms with Crippen LogP contribution in [0.3, 0.4) is 0 Å². The Morgan fingerprint density at radius 2 is 0.971 bits per heavy atom. The van der Waals surface area contributed by atoms with Gasteiger partial charge in [0.1, 0.15) is 0 Å². The molecular formula is C32H22N2. The third-order valence-electron chi connectivity index (χ3n) is 6.91. The van der Waals surface area contributed by atoms with Gasteiger partial charge in [-0.2, -0.15) is 0 Å². The predicted octanol–water partition coefficient (Wildman–Crippen LogP) is 8.66. The predicted molar refractivity (Wildman–Crippen MR) is 146 cm³/mol. The van der Waals surface area contributed by atoms with Crippen molar-refractivity contribution in [3.8, 4) is 16.8 Å². The van der Waals surface area contributed by atoms with Gasteiger partial charge >= 0.3 is 0 Å². The van der Waals surface area contributed by atoms with E-state index >= 15 is 0 Å². The molecule has 0 radical (unpaired) electrons. The summed E-state index contributed by atoms with van der Waals surface area (Å²) in [7, 11) is 0. The van der Waals surface area contributed by atoms with E-state index in [-0.39, 0.29) is 0 Å². The lowest BCUT2D eigenvalue weighted by Gasteiger charge is -2.08. The first-order chi connectivity index (χ1) is 16.8. The lowest BCUT2D eigenvalue weighted by molar-refractivity contribution is 1.18. The SMILES string of the molecule is C=Cn1c2ccccc2c2cc(-c3ccc4c(c3)c3ccccc3n4-c3ccccc3)ccc21. The van der Waals surface area contributed by atoms with Crippen LogP contribution in [0.2, 0.25) is 0 Å². The second-order valence-corrected chi connectivity index (χ2v) is 8.72. The molecule has 0 aliphatic heterocycles. The van der Waals surface area contributed by atoms with Crippen molar-refractivity contribution in [2.24, 2.45) is 0 Å². The van der Waals surface area contributed by atoms with Gasteiger partial charge in [0.05, 0.1) is 22.1 Å². The summed E-state index contributed by atoms with van der Waals surface area (Å²) in [6, 6.07) is 41.4. The molecule has 0 bridgehead atoms. The topological polar surface area (TPSA) is 9.86 Å². The van der Waals surface area contributed by atoms with Crippen LogP contribution in [0.15, 0.2) is 122 Å². The fraction of sp³-hybridized carbons (Fsp3) is 0. The first kappa shape index (κ1) is 19.0. The highest BCUT2D eigenvalue weighted by Gasteiger charge is 2.14. The van der Waals surface area contributed by atoms with Crippen LogP contribution in [-0.2, 0) is 0 Å². The number of hydrogen-bond acceptors (Lipinski definition) is 0. The maximum atomic E-state index is 4.04. The fourth-order valence-corrected chi connectivity index (χ4v) is 5.39. The summed E-state index contributed by atoms with van der Waals surface area (Å²) in [5.74, 6) is 0. The molecule has 0 saturated carbocycles. The zero-order chi connectivity index (χ0) is 22.6. The minimum Gasteiger partial charge on any atom is -0.317 e. The Bertz CT molecular complexity index is 1870. The molecule has 7 aromatic rings. The molecule has 0 amide bonds. The summed E-state index contributed by atoms with van der Waals surface area (Å²) < 4.78 is 4.53. The summed E-state index contributed by atoms with van der Waals surface area (Å²) in [6.45, 7) is 4.04. The van der Waals surface area contributed by atoms with Gasteiger partial charge in [-0.3, -0.25) is 0 Å². The number of para-hydroxylation sites is 3. The van der Waals surface area contributed by atoms with E-state index < -0.39 is 0 Å². The van der Waals surface area contributed by atoms with Crippen molar-refractivity contribution in [3.05, 3.63) is 122 Å². The lowest BCUT2D eigenvalue weighted by atomic mass is 10.0. The average molecular weight is 435 g/mol. The van der Waals surface area contributed by atoms with Crippen molar-refractivity contribution in [1.29, 1.82) is 0 Å². The number of aromatic nitrogens is 2. The maximum Gasteiger partial charge on any atom is 0.0541 e. The number of hydrogen-bond donors (Lipinski definition) is 0. The van der Waals surface area contributed by atoms with Crippen molar-refractivity contribution in [2.45, 2.75) is 0 Å². The highest BCUT2D eigenvalue weighted by molar-refractivity contribution is 6.12. The van der Waals surface area contributed by atoms with Gasteiger partial charge in [-0.15, -0.1) is 0 Å². The molecule has 0 saturated heterocycles. The zero-order valence-corrected chi connectivity index (χ0v) is 18.6. The van der Waals surface area contributed by atoms with Crippen molar-refractivity contribution in [3.63, 3.8) is 0 Å². The molecule has 0 atom stereocenters. The minimum atomic E-state index is 1.18. The van der Waals surface area contributed by atoms with E-state index in [1.807, 2.05) is 6.20 Å². The van der Waals surface area contributed by atoms with E-state index in [2.05, 4.69) is 131 Å². The molecule has 160 valence electrons. The monoisotopic (exact) mass is 434 g/mol. The second-order valence-electron chi connectivity index (χ2n) is 8.72. The second kappa shape index (κ2) is 7.23. The Kier molecular flexibility index (Phi) is 4.03. The molecule has 34 heavy (non-hydrogen) atoms. The first-order valence-electron chi connectivity index (χ1n) is 11.6. The van der Waals surface area contributed by atoms with E-state index in [0.29, 0.717) is 0 Å². The maximum absolute atomic E-state index is 4.04.